The zero-order valence-electron chi connectivity index (χ0n) is 15.4. The number of ether oxygens (including phenoxy) is 1. The van der Waals surface area contributed by atoms with Gasteiger partial charge >= 0.3 is 0 Å². The predicted octanol–water partition coefficient (Wildman–Crippen LogP) is 5.45. The molecule has 3 aromatic rings. The first-order valence-electron chi connectivity index (χ1n) is 9.02. The third-order valence-electron chi connectivity index (χ3n) is 4.83. The van der Waals surface area contributed by atoms with Gasteiger partial charge in [0.05, 0.1) is 24.4 Å². The molecule has 0 N–H and O–H groups in total. The van der Waals surface area contributed by atoms with Gasteiger partial charge in [0.1, 0.15) is 5.75 Å². The van der Waals surface area contributed by atoms with Gasteiger partial charge in [-0.15, -0.1) is 0 Å². The minimum atomic E-state index is -0.166. The number of carbonyl (C=O) groups excluding carboxylic acids is 1. The highest BCUT2D eigenvalue weighted by Gasteiger charge is 2.34. The Kier molecular flexibility index (Phi) is 5.26. The van der Waals surface area contributed by atoms with Gasteiger partial charge in [0.25, 0.3) is 5.91 Å². The summed E-state index contributed by atoms with van der Waals surface area (Å²) in [6, 6.07) is 25.1. The topological polar surface area (TPSA) is 41.9 Å². The fraction of sp³-hybridized carbons (Fsp3) is 0.130. The van der Waals surface area contributed by atoms with Crippen LogP contribution in [-0.4, -0.2) is 23.7 Å². The zero-order valence-corrected chi connectivity index (χ0v) is 17.0. The lowest BCUT2D eigenvalue weighted by molar-refractivity contribution is 0.0710. The molecule has 0 aromatic heterocycles. The van der Waals surface area contributed by atoms with Crippen LogP contribution >= 0.6 is 15.9 Å². The molecule has 1 aliphatic rings. The molecule has 28 heavy (non-hydrogen) atoms. The SMILES string of the molecule is COc1ccc([C@H]2CC(c3ccccc3)=NN2C(=O)c2ccccc2Br)cc1. The fourth-order valence-electron chi connectivity index (χ4n) is 3.35. The first-order valence-corrected chi connectivity index (χ1v) is 9.81. The summed E-state index contributed by atoms with van der Waals surface area (Å²) in [6.45, 7) is 0. The highest BCUT2D eigenvalue weighted by Crippen LogP contribution is 2.35. The van der Waals surface area contributed by atoms with Crippen LogP contribution in [0.1, 0.15) is 33.9 Å². The molecule has 0 unspecified atom stereocenters. The molecule has 4 rings (SSSR count). The minimum Gasteiger partial charge on any atom is -0.497 e. The number of methoxy groups -OCH3 is 1. The molecule has 0 aliphatic carbocycles. The van der Waals surface area contributed by atoms with Crippen LogP contribution in [0.2, 0.25) is 0 Å². The molecule has 0 saturated carbocycles. The largest absolute Gasteiger partial charge is 0.497 e. The van der Waals surface area contributed by atoms with Gasteiger partial charge in [-0.1, -0.05) is 54.6 Å². The monoisotopic (exact) mass is 434 g/mol. The van der Waals surface area contributed by atoms with Crippen molar-refractivity contribution in [2.45, 2.75) is 12.5 Å². The molecule has 1 heterocycles. The summed E-state index contributed by atoms with van der Waals surface area (Å²) in [5.74, 6) is 0.661. The van der Waals surface area contributed by atoms with Crippen molar-refractivity contribution in [1.29, 1.82) is 0 Å². The van der Waals surface area contributed by atoms with E-state index in [4.69, 9.17) is 9.84 Å². The van der Waals surface area contributed by atoms with E-state index in [1.807, 2.05) is 78.9 Å². The normalized spacial score (nSPS) is 16.0. The van der Waals surface area contributed by atoms with Gasteiger partial charge in [0.15, 0.2) is 0 Å². The number of halogens is 1. The number of hydrazone groups is 1. The average Bonchev–Trinajstić information content (AvgIpc) is 3.20. The molecule has 3 aromatic carbocycles. The number of amides is 1. The Labute approximate surface area is 172 Å². The zero-order chi connectivity index (χ0) is 19.5. The number of hydrogen-bond donors (Lipinski definition) is 0. The maximum absolute atomic E-state index is 13.3. The Balaban J connectivity index is 1.73. The number of rotatable bonds is 4. The number of carbonyl (C=O) groups is 1. The van der Waals surface area contributed by atoms with Gasteiger partial charge < -0.3 is 4.74 Å². The summed E-state index contributed by atoms with van der Waals surface area (Å²) < 4.78 is 6.03. The first kappa shape index (κ1) is 18.4. The van der Waals surface area contributed by atoms with Crippen molar-refractivity contribution in [2.24, 2.45) is 5.10 Å². The van der Waals surface area contributed by atoms with Crippen LogP contribution in [-0.2, 0) is 0 Å². The third kappa shape index (κ3) is 3.58. The summed E-state index contributed by atoms with van der Waals surface area (Å²) in [5.41, 5.74) is 3.56. The lowest BCUT2D eigenvalue weighted by Gasteiger charge is -2.22. The standard InChI is InChI=1S/C23H19BrN2O2/c1-28-18-13-11-17(12-14-18)22-15-21(16-7-3-2-4-8-16)25-26(22)23(27)19-9-5-6-10-20(19)24/h2-14,22H,15H2,1H3/t22-/m1/s1. The van der Waals surface area contributed by atoms with Crippen molar-refractivity contribution >= 4 is 27.5 Å². The van der Waals surface area contributed by atoms with Gasteiger partial charge in [-0.05, 0) is 51.3 Å². The van der Waals surface area contributed by atoms with Crippen molar-refractivity contribution in [3.05, 3.63) is 100 Å². The molecular weight excluding hydrogens is 416 g/mol. The molecule has 0 fully saturated rings. The quantitative estimate of drug-likeness (QED) is 0.547. The lowest BCUT2D eigenvalue weighted by Crippen LogP contribution is -2.27. The summed E-state index contributed by atoms with van der Waals surface area (Å²) in [5, 5.41) is 6.33. The van der Waals surface area contributed by atoms with Crippen molar-refractivity contribution < 1.29 is 9.53 Å². The molecule has 1 amide bonds. The molecule has 0 radical (unpaired) electrons. The van der Waals surface area contributed by atoms with Gasteiger partial charge in [0.2, 0.25) is 0 Å². The number of nitrogens with zero attached hydrogens (tertiary/aromatic N) is 2. The summed E-state index contributed by atoms with van der Waals surface area (Å²) in [4.78, 5) is 13.3. The highest BCUT2D eigenvalue weighted by molar-refractivity contribution is 9.10. The van der Waals surface area contributed by atoms with E-state index in [1.165, 1.54) is 0 Å². The Morgan fingerprint density at radius 3 is 2.36 bits per heavy atom. The van der Waals surface area contributed by atoms with E-state index in [0.29, 0.717) is 12.0 Å². The summed E-state index contributed by atoms with van der Waals surface area (Å²) in [7, 11) is 1.64. The Bertz CT molecular complexity index is 1020. The number of hydrogen-bond acceptors (Lipinski definition) is 3. The van der Waals surface area contributed by atoms with E-state index in [-0.39, 0.29) is 11.9 Å². The molecule has 5 heteroatoms. The molecule has 0 spiro atoms. The van der Waals surface area contributed by atoms with Crippen LogP contribution in [0.25, 0.3) is 0 Å². The minimum absolute atomic E-state index is 0.126. The van der Waals surface area contributed by atoms with E-state index >= 15 is 0 Å². The van der Waals surface area contributed by atoms with Gasteiger partial charge in [-0.3, -0.25) is 4.79 Å². The maximum Gasteiger partial charge on any atom is 0.275 e. The van der Waals surface area contributed by atoms with E-state index in [0.717, 1.165) is 27.1 Å². The Morgan fingerprint density at radius 1 is 1.00 bits per heavy atom. The van der Waals surface area contributed by atoms with Crippen LogP contribution in [0.3, 0.4) is 0 Å². The molecule has 1 aliphatic heterocycles. The van der Waals surface area contributed by atoms with Crippen molar-refractivity contribution in [2.75, 3.05) is 7.11 Å². The maximum atomic E-state index is 13.3. The lowest BCUT2D eigenvalue weighted by atomic mass is 9.98. The molecule has 140 valence electrons. The van der Waals surface area contributed by atoms with Crippen molar-refractivity contribution in [3.63, 3.8) is 0 Å². The van der Waals surface area contributed by atoms with Gasteiger partial charge in [-0.2, -0.15) is 5.10 Å². The number of benzene rings is 3. The second-order valence-electron chi connectivity index (χ2n) is 6.54. The smallest absolute Gasteiger partial charge is 0.275 e. The van der Waals surface area contributed by atoms with Crippen LogP contribution in [0, 0.1) is 0 Å². The van der Waals surface area contributed by atoms with Crippen molar-refractivity contribution in [3.8, 4) is 5.75 Å². The molecule has 4 nitrogen and oxygen atoms in total. The molecule has 0 bridgehead atoms. The summed E-state index contributed by atoms with van der Waals surface area (Å²) in [6.07, 6.45) is 0.659. The van der Waals surface area contributed by atoms with E-state index in [9.17, 15) is 4.79 Å². The molecular formula is C23H19BrN2O2. The second-order valence-corrected chi connectivity index (χ2v) is 7.39. The van der Waals surface area contributed by atoms with Crippen LogP contribution < -0.4 is 4.74 Å². The second kappa shape index (κ2) is 7.98. The Hall–Kier alpha value is -2.92. The van der Waals surface area contributed by atoms with Crippen molar-refractivity contribution in [1.82, 2.24) is 5.01 Å². The fourth-order valence-corrected chi connectivity index (χ4v) is 3.80. The van der Waals surface area contributed by atoms with E-state index in [2.05, 4.69) is 15.9 Å². The van der Waals surface area contributed by atoms with E-state index in [1.54, 1.807) is 12.1 Å². The van der Waals surface area contributed by atoms with Crippen LogP contribution in [0.5, 0.6) is 5.75 Å². The van der Waals surface area contributed by atoms with Gasteiger partial charge in [0, 0.05) is 10.9 Å². The Morgan fingerprint density at radius 2 is 1.68 bits per heavy atom. The van der Waals surface area contributed by atoms with Crippen LogP contribution in [0.15, 0.2) is 88.4 Å². The highest BCUT2D eigenvalue weighted by atomic mass is 79.9. The van der Waals surface area contributed by atoms with E-state index < -0.39 is 0 Å². The molecule has 0 saturated heterocycles. The third-order valence-corrected chi connectivity index (χ3v) is 5.52. The summed E-state index contributed by atoms with van der Waals surface area (Å²) >= 11 is 3.49. The first-order chi connectivity index (χ1) is 13.7. The van der Waals surface area contributed by atoms with Crippen LogP contribution in [0.4, 0.5) is 0 Å². The average molecular weight is 435 g/mol. The molecule has 1 atom stereocenters. The predicted molar refractivity (Wildman–Crippen MR) is 114 cm³/mol. The van der Waals surface area contributed by atoms with Gasteiger partial charge in [-0.25, -0.2) is 5.01 Å².